The number of hydrogen-bond acceptors (Lipinski definition) is 5. The number of nitrogens with zero attached hydrogens (tertiary/aromatic N) is 2. The van der Waals surface area contributed by atoms with Gasteiger partial charge in [0.05, 0.1) is 11.6 Å². The molecule has 5 heteroatoms. The van der Waals surface area contributed by atoms with Gasteiger partial charge in [0.25, 0.3) is 0 Å². The summed E-state index contributed by atoms with van der Waals surface area (Å²) < 4.78 is 0. The van der Waals surface area contributed by atoms with Crippen molar-refractivity contribution in [2.45, 2.75) is 19.1 Å². The summed E-state index contributed by atoms with van der Waals surface area (Å²) in [5.41, 5.74) is 1.83. The summed E-state index contributed by atoms with van der Waals surface area (Å²) in [5, 5.41) is 18.8. The number of hydrogen-bond donors (Lipinski definition) is 2. The van der Waals surface area contributed by atoms with E-state index in [1.54, 1.807) is 11.3 Å². The smallest absolute Gasteiger partial charge is 0.0794 e. The fourth-order valence-electron chi connectivity index (χ4n) is 1.94. The van der Waals surface area contributed by atoms with Crippen LogP contribution >= 0.6 is 11.3 Å². The maximum Gasteiger partial charge on any atom is 0.0794 e. The lowest BCUT2D eigenvalue weighted by atomic mass is 9.95. The molecule has 0 amide bonds. The van der Waals surface area contributed by atoms with Crippen LogP contribution < -0.4 is 0 Å². The number of β-amino-alcohol motifs (C(OH)–C–C–N with tert-alkyl or cyclic N) is 1. The lowest BCUT2D eigenvalue weighted by Gasteiger charge is -2.34. The van der Waals surface area contributed by atoms with Crippen molar-refractivity contribution in [3.8, 4) is 0 Å². The van der Waals surface area contributed by atoms with E-state index < -0.39 is 6.10 Å². The monoisotopic (exact) mass is 228 g/mol. The Labute approximate surface area is 93.2 Å². The normalized spacial score (nSPS) is 28.1. The van der Waals surface area contributed by atoms with E-state index in [-0.39, 0.29) is 12.5 Å². The van der Waals surface area contributed by atoms with Crippen LogP contribution in [0.2, 0.25) is 0 Å². The molecule has 84 valence electrons. The molecular weight excluding hydrogens is 212 g/mol. The van der Waals surface area contributed by atoms with Gasteiger partial charge in [-0.25, -0.2) is 0 Å². The van der Waals surface area contributed by atoms with Crippen LogP contribution in [-0.2, 0) is 6.54 Å². The van der Waals surface area contributed by atoms with E-state index in [0.717, 1.165) is 19.5 Å². The Morgan fingerprint density at radius 1 is 1.60 bits per heavy atom. The van der Waals surface area contributed by atoms with Crippen molar-refractivity contribution in [1.29, 1.82) is 0 Å². The Morgan fingerprint density at radius 3 is 3.07 bits per heavy atom. The van der Waals surface area contributed by atoms with Gasteiger partial charge >= 0.3 is 0 Å². The van der Waals surface area contributed by atoms with Crippen molar-refractivity contribution in [3.05, 3.63) is 16.6 Å². The molecule has 0 spiro atoms. The van der Waals surface area contributed by atoms with Crippen LogP contribution in [0.15, 0.2) is 11.7 Å². The topological polar surface area (TPSA) is 56.6 Å². The standard InChI is InChI=1S/C10H16N2O2S/c13-6-8-1-2-12(5-10(8)14)4-9-3-11-7-15-9/h3,7-8,10,13-14H,1-2,4-6H2/t8-,10-/m1/s1. The Balaban J connectivity index is 1.86. The van der Waals surface area contributed by atoms with Gasteiger partial charge in [-0.05, 0) is 13.0 Å². The zero-order valence-corrected chi connectivity index (χ0v) is 9.36. The molecule has 4 nitrogen and oxygen atoms in total. The van der Waals surface area contributed by atoms with Gasteiger partial charge < -0.3 is 10.2 Å². The summed E-state index contributed by atoms with van der Waals surface area (Å²) in [4.78, 5) is 7.47. The van der Waals surface area contributed by atoms with Gasteiger partial charge in [-0.2, -0.15) is 0 Å². The Hall–Kier alpha value is -0.490. The molecule has 1 aliphatic rings. The van der Waals surface area contributed by atoms with Crippen molar-refractivity contribution >= 4 is 11.3 Å². The summed E-state index contributed by atoms with van der Waals surface area (Å²) in [7, 11) is 0. The number of thiazole rings is 1. The van der Waals surface area contributed by atoms with Crippen molar-refractivity contribution in [2.75, 3.05) is 19.7 Å². The molecular formula is C10H16N2O2S. The van der Waals surface area contributed by atoms with Crippen molar-refractivity contribution in [3.63, 3.8) is 0 Å². The maximum absolute atomic E-state index is 9.75. The molecule has 0 saturated carbocycles. The Bertz CT molecular complexity index is 292. The molecule has 1 aromatic heterocycles. The van der Waals surface area contributed by atoms with Crippen LogP contribution in [-0.4, -0.2) is 45.9 Å². The van der Waals surface area contributed by atoms with E-state index in [9.17, 15) is 5.11 Å². The van der Waals surface area contributed by atoms with Crippen LogP contribution in [0.1, 0.15) is 11.3 Å². The molecule has 1 fully saturated rings. The second-order valence-corrected chi connectivity index (χ2v) is 4.97. The van der Waals surface area contributed by atoms with E-state index >= 15 is 0 Å². The zero-order valence-electron chi connectivity index (χ0n) is 8.54. The highest BCUT2D eigenvalue weighted by molar-refractivity contribution is 7.09. The van der Waals surface area contributed by atoms with Crippen LogP contribution in [0, 0.1) is 5.92 Å². The number of rotatable bonds is 3. The van der Waals surface area contributed by atoms with E-state index in [2.05, 4.69) is 9.88 Å². The molecule has 0 radical (unpaired) electrons. The van der Waals surface area contributed by atoms with E-state index in [1.807, 2.05) is 11.7 Å². The van der Waals surface area contributed by atoms with E-state index in [0.29, 0.717) is 6.54 Å². The first kappa shape index (κ1) is 11.0. The van der Waals surface area contributed by atoms with Gasteiger partial charge in [-0.1, -0.05) is 0 Å². The molecule has 1 saturated heterocycles. The number of likely N-dealkylation sites (tertiary alicyclic amines) is 1. The van der Waals surface area contributed by atoms with Gasteiger partial charge in [0.1, 0.15) is 0 Å². The molecule has 0 bridgehead atoms. The second kappa shape index (κ2) is 5.03. The molecule has 0 aliphatic carbocycles. The fourth-order valence-corrected chi connectivity index (χ4v) is 2.58. The van der Waals surface area contributed by atoms with Crippen LogP contribution in [0.5, 0.6) is 0 Å². The summed E-state index contributed by atoms with van der Waals surface area (Å²) >= 11 is 1.64. The average molecular weight is 228 g/mol. The third-order valence-corrected chi connectivity index (χ3v) is 3.67. The number of piperidine rings is 1. The van der Waals surface area contributed by atoms with Gasteiger partial charge in [0, 0.05) is 36.7 Å². The largest absolute Gasteiger partial charge is 0.396 e. The molecule has 2 atom stereocenters. The summed E-state index contributed by atoms with van der Waals surface area (Å²) in [5.74, 6) is 0.0581. The predicted molar refractivity (Wildman–Crippen MR) is 58.6 cm³/mol. The lowest BCUT2D eigenvalue weighted by Crippen LogP contribution is -2.44. The molecule has 1 aromatic rings. The highest BCUT2D eigenvalue weighted by Gasteiger charge is 2.26. The minimum absolute atomic E-state index is 0.0581. The molecule has 0 unspecified atom stereocenters. The minimum atomic E-state index is -0.392. The first-order valence-corrected chi connectivity index (χ1v) is 6.06. The zero-order chi connectivity index (χ0) is 10.7. The summed E-state index contributed by atoms with van der Waals surface area (Å²) in [6, 6.07) is 0. The maximum atomic E-state index is 9.75. The lowest BCUT2D eigenvalue weighted by molar-refractivity contribution is -0.00416. The third kappa shape index (κ3) is 2.75. The fraction of sp³-hybridized carbons (Fsp3) is 0.700. The predicted octanol–water partition coefficient (Wildman–Crippen LogP) is 0.318. The third-order valence-electron chi connectivity index (χ3n) is 2.90. The molecule has 15 heavy (non-hydrogen) atoms. The van der Waals surface area contributed by atoms with Crippen molar-refractivity contribution < 1.29 is 10.2 Å². The van der Waals surface area contributed by atoms with Crippen molar-refractivity contribution in [2.24, 2.45) is 5.92 Å². The first-order chi connectivity index (χ1) is 7.29. The van der Waals surface area contributed by atoms with Crippen molar-refractivity contribution in [1.82, 2.24) is 9.88 Å². The summed E-state index contributed by atoms with van der Waals surface area (Å²) in [6.45, 7) is 2.55. The number of aromatic nitrogens is 1. The highest BCUT2D eigenvalue weighted by atomic mass is 32.1. The van der Waals surface area contributed by atoms with Gasteiger partial charge in [0.2, 0.25) is 0 Å². The molecule has 2 N–H and O–H groups in total. The Morgan fingerprint density at radius 2 is 2.47 bits per heavy atom. The van der Waals surface area contributed by atoms with Crippen LogP contribution in [0.3, 0.4) is 0 Å². The minimum Gasteiger partial charge on any atom is -0.396 e. The summed E-state index contributed by atoms with van der Waals surface area (Å²) in [6.07, 6.45) is 2.35. The number of aliphatic hydroxyl groups excluding tert-OH is 2. The van der Waals surface area contributed by atoms with Gasteiger partial charge in [-0.15, -0.1) is 11.3 Å². The second-order valence-electron chi connectivity index (χ2n) is 4.00. The molecule has 0 aromatic carbocycles. The molecule has 1 aliphatic heterocycles. The molecule has 2 rings (SSSR count). The Kier molecular flexibility index (Phi) is 3.69. The van der Waals surface area contributed by atoms with Crippen LogP contribution in [0.4, 0.5) is 0 Å². The van der Waals surface area contributed by atoms with Gasteiger partial charge in [0.15, 0.2) is 0 Å². The molecule has 2 heterocycles. The van der Waals surface area contributed by atoms with E-state index in [4.69, 9.17) is 5.11 Å². The average Bonchev–Trinajstić information content (AvgIpc) is 2.71. The number of aliphatic hydroxyl groups is 2. The van der Waals surface area contributed by atoms with Gasteiger partial charge in [-0.3, -0.25) is 9.88 Å². The highest BCUT2D eigenvalue weighted by Crippen LogP contribution is 2.19. The SMILES string of the molecule is OC[C@H]1CCN(Cc2cncs2)C[C@H]1O. The first-order valence-electron chi connectivity index (χ1n) is 5.18. The van der Waals surface area contributed by atoms with Crippen LogP contribution in [0.25, 0.3) is 0 Å². The quantitative estimate of drug-likeness (QED) is 0.782. The van der Waals surface area contributed by atoms with E-state index in [1.165, 1.54) is 4.88 Å².